The highest BCUT2D eigenvalue weighted by Crippen LogP contribution is 2.20. The second kappa shape index (κ2) is 6.87. The van der Waals surface area contributed by atoms with Crippen molar-refractivity contribution in [1.29, 1.82) is 0 Å². The normalized spacial score (nSPS) is 10.4. The maximum atomic E-state index is 12.2. The van der Waals surface area contributed by atoms with E-state index in [9.17, 15) is 18.4 Å². The molecule has 2 aromatic carbocycles. The van der Waals surface area contributed by atoms with Crippen molar-refractivity contribution >= 4 is 17.5 Å². The van der Waals surface area contributed by atoms with E-state index in [2.05, 4.69) is 10.1 Å². The molecule has 0 atom stereocenters. The van der Waals surface area contributed by atoms with E-state index in [4.69, 9.17) is 5.73 Å². The number of amides is 2. The Balaban J connectivity index is 2.16. The highest BCUT2D eigenvalue weighted by Gasteiger charge is 2.12. The summed E-state index contributed by atoms with van der Waals surface area (Å²) >= 11 is 0. The smallest absolute Gasteiger partial charge is 0.387 e. The van der Waals surface area contributed by atoms with Gasteiger partial charge in [0, 0.05) is 16.8 Å². The minimum atomic E-state index is -2.92. The summed E-state index contributed by atoms with van der Waals surface area (Å²) in [6, 6.07) is 10.1. The Hall–Kier alpha value is -2.96. The van der Waals surface area contributed by atoms with E-state index in [1.807, 2.05) is 0 Å². The monoisotopic (exact) mass is 320 g/mol. The molecule has 0 radical (unpaired) electrons. The van der Waals surface area contributed by atoms with Gasteiger partial charge in [-0.2, -0.15) is 8.78 Å². The van der Waals surface area contributed by atoms with Gasteiger partial charge >= 0.3 is 6.61 Å². The van der Waals surface area contributed by atoms with Crippen LogP contribution >= 0.6 is 0 Å². The number of carbonyl (C=O) groups is 2. The van der Waals surface area contributed by atoms with Gasteiger partial charge in [-0.3, -0.25) is 9.59 Å². The molecule has 0 aromatic heterocycles. The summed E-state index contributed by atoms with van der Waals surface area (Å²) in [6.07, 6.45) is 0. The zero-order valence-corrected chi connectivity index (χ0v) is 12.2. The molecule has 0 aliphatic heterocycles. The van der Waals surface area contributed by atoms with E-state index >= 15 is 0 Å². The van der Waals surface area contributed by atoms with E-state index in [-0.39, 0.29) is 11.3 Å². The first-order valence-electron chi connectivity index (χ1n) is 6.64. The summed E-state index contributed by atoms with van der Waals surface area (Å²) in [5.74, 6) is -1.08. The molecule has 0 unspecified atom stereocenters. The van der Waals surface area contributed by atoms with Crippen LogP contribution in [0.15, 0.2) is 42.5 Å². The molecule has 7 heteroatoms. The van der Waals surface area contributed by atoms with Crippen molar-refractivity contribution in [2.75, 3.05) is 5.32 Å². The molecule has 0 aliphatic rings. The molecule has 0 fully saturated rings. The van der Waals surface area contributed by atoms with Crippen LogP contribution in [0.4, 0.5) is 14.5 Å². The molecule has 2 rings (SSSR count). The first-order valence-corrected chi connectivity index (χ1v) is 6.64. The molecule has 2 amide bonds. The van der Waals surface area contributed by atoms with Gasteiger partial charge in [0.2, 0.25) is 5.91 Å². The van der Waals surface area contributed by atoms with Crippen LogP contribution < -0.4 is 15.8 Å². The molecule has 120 valence electrons. The van der Waals surface area contributed by atoms with Crippen LogP contribution in [0.3, 0.4) is 0 Å². The van der Waals surface area contributed by atoms with Crippen LogP contribution in [0.1, 0.15) is 26.3 Å². The molecular weight excluding hydrogens is 306 g/mol. The number of rotatable bonds is 5. The number of nitrogens with one attached hydrogen (secondary N) is 1. The van der Waals surface area contributed by atoms with Crippen molar-refractivity contribution < 1.29 is 23.1 Å². The Labute approximate surface area is 131 Å². The minimum Gasteiger partial charge on any atom is -0.435 e. The van der Waals surface area contributed by atoms with Gasteiger partial charge in [0.1, 0.15) is 5.75 Å². The van der Waals surface area contributed by atoms with E-state index in [0.29, 0.717) is 16.8 Å². The fourth-order valence-electron chi connectivity index (χ4n) is 2.02. The standard InChI is InChI=1S/C16H14F2N2O3/c1-9-12(14(19)21)3-2-4-13(9)20-15(22)10-5-7-11(8-6-10)23-16(17)18/h2-8,16H,1H3,(H2,19,21)(H,20,22). The van der Waals surface area contributed by atoms with E-state index < -0.39 is 18.4 Å². The molecule has 0 saturated heterocycles. The third-order valence-corrected chi connectivity index (χ3v) is 3.19. The second-order valence-electron chi connectivity index (χ2n) is 4.70. The highest BCUT2D eigenvalue weighted by atomic mass is 19.3. The summed E-state index contributed by atoms with van der Waals surface area (Å²) < 4.78 is 28.4. The van der Waals surface area contributed by atoms with E-state index in [0.717, 1.165) is 0 Å². The predicted molar refractivity (Wildman–Crippen MR) is 80.7 cm³/mol. The summed E-state index contributed by atoms with van der Waals surface area (Å²) in [6.45, 7) is -1.26. The fourth-order valence-corrected chi connectivity index (χ4v) is 2.02. The number of alkyl halides is 2. The molecule has 3 N–H and O–H groups in total. The Morgan fingerprint density at radius 2 is 1.78 bits per heavy atom. The summed E-state index contributed by atoms with van der Waals surface area (Å²) in [5.41, 5.74) is 6.81. The molecule has 23 heavy (non-hydrogen) atoms. The quantitative estimate of drug-likeness (QED) is 0.888. The Morgan fingerprint density at radius 3 is 2.35 bits per heavy atom. The van der Waals surface area contributed by atoms with Crippen molar-refractivity contribution in [3.05, 3.63) is 59.2 Å². The highest BCUT2D eigenvalue weighted by molar-refractivity contribution is 6.06. The number of ether oxygens (including phenoxy) is 1. The lowest BCUT2D eigenvalue weighted by molar-refractivity contribution is -0.0498. The lowest BCUT2D eigenvalue weighted by atomic mass is 10.1. The third-order valence-electron chi connectivity index (χ3n) is 3.19. The van der Waals surface area contributed by atoms with Gasteiger partial charge in [-0.25, -0.2) is 0 Å². The van der Waals surface area contributed by atoms with Crippen LogP contribution in [-0.4, -0.2) is 18.4 Å². The van der Waals surface area contributed by atoms with Crippen molar-refractivity contribution in [3.8, 4) is 5.75 Å². The van der Waals surface area contributed by atoms with Crippen LogP contribution in [0, 0.1) is 6.92 Å². The number of nitrogens with two attached hydrogens (primary N) is 1. The van der Waals surface area contributed by atoms with Crippen LogP contribution in [0.2, 0.25) is 0 Å². The van der Waals surface area contributed by atoms with Gasteiger partial charge in [-0.1, -0.05) is 6.07 Å². The Bertz CT molecular complexity index is 731. The predicted octanol–water partition coefficient (Wildman–Crippen LogP) is 2.95. The molecule has 0 spiro atoms. The molecule has 0 bridgehead atoms. The molecule has 0 saturated carbocycles. The SMILES string of the molecule is Cc1c(NC(=O)c2ccc(OC(F)F)cc2)cccc1C(N)=O. The molecular formula is C16H14F2N2O3. The van der Waals surface area contributed by atoms with Crippen molar-refractivity contribution in [3.63, 3.8) is 0 Å². The van der Waals surface area contributed by atoms with Gasteiger partial charge in [0.05, 0.1) is 0 Å². The van der Waals surface area contributed by atoms with E-state index in [1.54, 1.807) is 25.1 Å². The Morgan fingerprint density at radius 1 is 1.13 bits per heavy atom. The topological polar surface area (TPSA) is 81.4 Å². The number of hydrogen-bond acceptors (Lipinski definition) is 3. The minimum absolute atomic E-state index is 0.0385. The van der Waals surface area contributed by atoms with Crippen LogP contribution in [0.5, 0.6) is 5.75 Å². The maximum absolute atomic E-state index is 12.2. The number of anilines is 1. The summed E-state index contributed by atoms with van der Waals surface area (Å²) in [7, 11) is 0. The molecule has 0 aliphatic carbocycles. The van der Waals surface area contributed by atoms with Gasteiger partial charge in [0.15, 0.2) is 0 Å². The lowest BCUT2D eigenvalue weighted by Crippen LogP contribution is -2.16. The van der Waals surface area contributed by atoms with Crippen molar-refractivity contribution in [2.45, 2.75) is 13.5 Å². The molecule has 0 heterocycles. The maximum Gasteiger partial charge on any atom is 0.387 e. The number of hydrogen-bond donors (Lipinski definition) is 2. The average molecular weight is 320 g/mol. The number of halogens is 2. The van der Waals surface area contributed by atoms with Crippen molar-refractivity contribution in [1.82, 2.24) is 0 Å². The lowest BCUT2D eigenvalue weighted by Gasteiger charge is -2.11. The fraction of sp³-hybridized carbons (Fsp3) is 0.125. The first-order chi connectivity index (χ1) is 10.9. The van der Waals surface area contributed by atoms with Gasteiger partial charge in [-0.15, -0.1) is 0 Å². The Kier molecular flexibility index (Phi) is 4.90. The van der Waals surface area contributed by atoms with Gasteiger partial charge in [0.25, 0.3) is 5.91 Å². The summed E-state index contributed by atoms with van der Waals surface area (Å²) in [5, 5.41) is 2.65. The number of benzene rings is 2. The summed E-state index contributed by atoms with van der Waals surface area (Å²) in [4.78, 5) is 23.5. The third kappa shape index (κ3) is 4.03. The number of carbonyl (C=O) groups excluding carboxylic acids is 2. The van der Waals surface area contributed by atoms with E-state index in [1.165, 1.54) is 24.3 Å². The first kappa shape index (κ1) is 16.4. The average Bonchev–Trinajstić information content (AvgIpc) is 2.49. The molecule has 2 aromatic rings. The van der Waals surface area contributed by atoms with Crippen LogP contribution in [-0.2, 0) is 0 Å². The largest absolute Gasteiger partial charge is 0.435 e. The zero-order chi connectivity index (χ0) is 17.0. The van der Waals surface area contributed by atoms with Crippen LogP contribution in [0.25, 0.3) is 0 Å². The molecule has 5 nitrogen and oxygen atoms in total. The number of primary amides is 1. The van der Waals surface area contributed by atoms with Gasteiger partial charge in [-0.05, 0) is 48.9 Å². The zero-order valence-electron chi connectivity index (χ0n) is 12.2. The van der Waals surface area contributed by atoms with Gasteiger partial charge < -0.3 is 15.8 Å². The second-order valence-corrected chi connectivity index (χ2v) is 4.70. The van der Waals surface area contributed by atoms with Crippen molar-refractivity contribution in [2.24, 2.45) is 5.73 Å².